The quantitative estimate of drug-likeness (QED) is 0.732. The van der Waals surface area contributed by atoms with E-state index in [1.807, 2.05) is 12.3 Å². The van der Waals surface area contributed by atoms with E-state index in [4.69, 9.17) is 4.74 Å². The number of hydrogen-bond donors (Lipinski definition) is 1. The molecule has 0 aromatic carbocycles. The summed E-state index contributed by atoms with van der Waals surface area (Å²) in [6.07, 6.45) is 0. The third-order valence-corrected chi connectivity index (χ3v) is 2.36. The highest BCUT2D eigenvalue weighted by Gasteiger charge is 2.07. The average Bonchev–Trinajstić information content (AvgIpc) is 2.52. The maximum atomic E-state index is 11.3. The third-order valence-electron chi connectivity index (χ3n) is 1.40. The number of rotatable bonds is 4. The van der Waals surface area contributed by atoms with Crippen LogP contribution in [0.4, 0.5) is 0 Å². The zero-order chi connectivity index (χ0) is 9.68. The molecule has 13 heavy (non-hydrogen) atoms. The number of aryl methyl sites for hydroxylation is 1. The van der Waals surface area contributed by atoms with E-state index in [2.05, 4.69) is 10.3 Å². The van der Waals surface area contributed by atoms with Gasteiger partial charge in [-0.2, -0.15) is 0 Å². The highest BCUT2D eigenvalue weighted by molar-refractivity contribution is 7.11. The van der Waals surface area contributed by atoms with Gasteiger partial charge in [0.25, 0.3) is 5.91 Å². The van der Waals surface area contributed by atoms with Crippen molar-refractivity contribution in [1.29, 1.82) is 0 Å². The van der Waals surface area contributed by atoms with E-state index in [0.717, 1.165) is 5.69 Å². The fourth-order valence-electron chi connectivity index (χ4n) is 0.800. The lowest BCUT2D eigenvalue weighted by molar-refractivity contribution is 0.0936. The van der Waals surface area contributed by atoms with Crippen LogP contribution in [0.25, 0.3) is 0 Å². The Kier molecular flexibility index (Phi) is 3.85. The molecule has 1 heterocycles. The molecular formula is C8H12N2O2S. The minimum absolute atomic E-state index is 0.129. The number of carbonyl (C=O) groups excluding carboxylic acids is 1. The van der Waals surface area contributed by atoms with Gasteiger partial charge in [0.05, 0.1) is 6.61 Å². The van der Waals surface area contributed by atoms with Crippen LogP contribution in [0.5, 0.6) is 0 Å². The molecule has 0 fully saturated rings. The molecule has 0 aliphatic carbocycles. The van der Waals surface area contributed by atoms with E-state index < -0.39 is 0 Å². The normalized spacial score (nSPS) is 10.0. The molecule has 1 aromatic rings. The molecule has 72 valence electrons. The number of methoxy groups -OCH3 is 1. The summed E-state index contributed by atoms with van der Waals surface area (Å²) in [5.41, 5.74) is 0.877. The number of hydrogen-bond acceptors (Lipinski definition) is 4. The van der Waals surface area contributed by atoms with Crippen molar-refractivity contribution in [3.8, 4) is 0 Å². The molecule has 5 heteroatoms. The summed E-state index contributed by atoms with van der Waals surface area (Å²) in [6, 6.07) is 0. The summed E-state index contributed by atoms with van der Waals surface area (Å²) in [5.74, 6) is -0.129. The molecule has 1 N–H and O–H groups in total. The van der Waals surface area contributed by atoms with Crippen molar-refractivity contribution in [2.45, 2.75) is 6.92 Å². The van der Waals surface area contributed by atoms with Gasteiger partial charge >= 0.3 is 0 Å². The fourth-order valence-corrected chi connectivity index (χ4v) is 1.51. The Morgan fingerprint density at radius 2 is 2.54 bits per heavy atom. The Labute approximate surface area is 80.9 Å². The van der Waals surface area contributed by atoms with Crippen molar-refractivity contribution in [3.05, 3.63) is 16.1 Å². The number of nitrogens with zero attached hydrogens (tertiary/aromatic N) is 1. The number of carbonyl (C=O) groups is 1. The summed E-state index contributed by atoms with van der Waals surface area (Å²) < 4.78 is 4.80. The van der Waals surface area contributed by atoms with E-state index in [-0.39, 0.29) is 5.91 Å². The molecule has 1 rings (SSSR count). The van der Waals surface area contributed by atoms with E-state index in [9.17, 15) is 4.79 Å². The van der Waals surface area contributed by atoms with Gasteiger partial charge in [0.1, 0.15) is 0 Å². The molecule has 0 radical (unpaired) electrons. The summed E-state index contributed by atoms with van der Waals surface area (Å²) in [6.45, 7) is 2.91. The molecule has 0 aliphatic rings. The van der Waals surface area contributed by atoms with Gasteiger partial charge in [0.2, 0.25) is 0 Å². The van der Waals surface area contributed by atoms with Crippen LogP contribution in [-0.4, -0.2) is 31.2 Å². The van der Waals surface area contributed by atoms with Crippen LogP contribution in [0, 0.1) is 6.92 Å². The van der Waals surface area contributed by atoms with Crippen LogP contribution in [0.2, 0.25) is 0 Å². The standard InChI is InChI=1S/C8H12N2O2S/c1-6-5-13-8(10-6)7(11)9-3-4-12-2/h5H,3-4H2,1-2H3,(H,9,11). The van der Waals surface area contributed by atoms with Crippen molar-refractivity contribution in [3.63, 3.8) is 0 Å². The summed E-state index contributed by atoms with van der Waals surface area (Å²) in [4.78, 5) is 15.4. The molecule has 0 spiro atoms. The second kappa shape index (κ2) is 4.94. The van der Waals surface area contributed by atoms with Crippen LogP contribution in [0.3, 0.4) is 0 Å². The molecule has 1 amide bonds. The summed E-state index contributed by atoms with van der Waals surface area (Å²) >= 11 is 1.35. The molecule has 0 aliphatic heterocycles. The fraction of sp³-hybridized carbons (Fsp3) is 0.500. The molecular weight excluding hydrogens is 188 g/mol. The van der Waals surface area contributed by atoms with Crippen LogP contribution >= 0.6 is 11.3 Å². The third kappa shape index (κ3) is 3.12. The highest BCUT2D eigenvalue weighted by atomic mass is 32.1. The van der Waals surface area contributed by atoms with Gasteiger partial charge in [-0.25, -0.2) is 4.98 Å². The number of aromatic nitrogens is 1. The van der Waals surface area contributed by atoms with Gasteiger partial charge in [0.15, 0.2) is 5.01 Å². The zero-order valence-corrected chi connectivity index (χ0v) is 8.48. The second-order valence-electron chi connectivity index (χ2n) is 2.54. The van der Waals surface area contributed by atoms with Crippen molar-refractivity contribution in [2.75, 3.05) is 20.3 Å². The molecule has 0 saturated carbocycles. The highest BCUT2D eigenvalue weighted by Crippen LogP contribution is 2.07. The zero-order valence-electron chi connectivity index (χ0n) is 7.66. The first-order valence-corrected chi connectivity index (χ1v) is 4.81. The Morgan fingerprint density at radius 1 is 1.77 bits per heavy atom. The van der Waals surface area contributed by atoms with E-state index in [0.29, 0.717) is 18.2 Å². The topological polar surface area (TPSA) is 51.2 Å². The van der Waals surface area contributed by atoms with Gasteiger partial charge in [-0.1, -0.05) is 0 Å². The Hall–Kier alpha value is -0.940. The van der Waals surface area contributed by atoms with Gasteiger partial charge < -0.3 is 10.1 Å². The van der Waals surface area contributed by atoms with E-state index in [1.54, 1.807) is 7.11 Å². The lowest BCUT2D eigenvalue weighted by Gasteiger charge is -2.00. The summed E-state index contributed by atoms with van der Waals surface area (Å²) in [5, 5.41) is 5.06. The minimum atomic E-state index is -0.129. The Morgan fingerprint density at radius 3 is 3.08 bits per heavy atom. The molecule has 0 saturated heterocycles. The predicted octanol–water partition coefficient (Wildman–Crippen LogP) is 0.828. The lowest BCUT2D eigenvalue weighted by Crippen LogP contribution is -2.26. The second-order valence-corrected chi connectivity index (χ2v) is 3.40. The van der Waals surface area contributed by atoms with Crippen molar-refractivity contribution < 1.29 is 9.53 Å². The molecule has 0 bridgehead atoms. The smallest absolute Gasteiger partial charge is 0.280 e. The minimum Gasteiger partial charge on any atom is -0.383 e. The molecule has 0 atom stereocenters. The van der Waals surface area contributed by atoms with Crippen molar-refractivity contribution in [1.82, 2.24) is 10.3 Å². The first-order valence-electron chi connectivity index (χ1n) is 3.93. The van der Waals surface area contributed by atoms with Gasteiger partial charge in [-0.05, 0) is 6.92 Å². The lowest BCUT2D eigenvalue weighted by atomic mass is 10.5. The monoisotopic (exact) mass is 200 g/mol. The SMILES string of the molecule is COCCNC(=O)c1nc(C)cs1. The first-order chi connectivity index (χ1) is 6.24. The van der Waals surface area contributed by atoms with Crippen LogP contribution in [0.1, 0.15) is 15.5 Å². The Balaban J connectivity index is 2.40. The van der Waals surface area contributed by atoms with E-state index >= 15 is 0 Å². The largest absolute Gasteiger partial charge is 0.383 e. The van der Waals surface area contributed by atoms with Crippen LogP contribution < -0.4 is 5.32 Å². The maximum absolute atomic E-state index is 11.3. The summed E-state index contributed by atoms with van der Waals surface area (Å²) in [7, 11) is 1.60. The number of nitrogens with one attached hydrogen (secondary N) is 1. The maximum Gasteiger partial charge on any atom is 0.280 e. The van der Waals surface area contributed by atoms with E-state index in [1.165, 1.54) is 11.3 Å². The molecule has 0 unspecified atom stereocenters. The van der Waals surface area contributed by atoms with Gasteiger partial charge in [0, 0.05) is 24.7 Å². The number of ether oxygens (including phenoxy) is 1. The number of thiazole rings is 1. The van der Waals surface area contributed by atoms with Gasteiger partial charge in [-0.15, -0.1) is 11.3 Å². The van der Waals surface area contributed by atoms with Crippen molar-refractivity contribution >= 4 is 17.2 Å². The molecule has 4 nitrogen and oxygen atoms in total. The Bertz CT molecular complexity index is 285. The van der Waals surface area contributed by atoms with Crippen LogP contribution in [0.15, 0.2) is 5.38 Å². The average molecular weight is 200 g/mol. The number of amides is 1. The molecule has 1 aromatic heterocycles. The van der Waals surface area contributed by atoms with Crippen molar-refractivity contribution in [2.24, 2.45) is 0 Å². The van der Waals surface area contributed by atoms with Crippen LogP contribution in [-0.2, 0) is 4.74 Å². The first kappa shape index (κ1) is 10.1. The van der Waals surface area contributed by atoms with Gasteiger partial charge in [-0.3, -0.25) is 4.79 Å². The predicted molar refractivity (Wildman–Crippen MR) is 51.1 cm³/mol.